The van der Waals surface area contributed by atoms with Crippen LogP contribution in [0.5, 0.6) is 5.75 Å². The Morgan fingerprint density at radius 1 is 1.23 bits per heavy atom. The quantitative estimate of drug-likeness (QED) is 0.696. The Balaban J connectivity index is 2.86. The molecule has 0 bridgehead atoms. The minimum absolute atomic E-state index is 0.198. The average molecular weight is 197 g/mol. The van der Waals surface area contributed by atoms with E-state index in [0.29, 0.717) is 0 Å². The largest absolute Gasteiger partial charge is 0.497 e. The van der Waals surface area contributed by atoms with Gasteiger partial charge in [0.2, 0.25) is 0 Å². The van der Waals surface area contributed by atoms with E-state index in [0.717, 1.165) is 11.1 Å². The van der Waals surface area contributed by atoms with Crippen molar-refractivity contribution in [2.24, 2.45) is 0 Å². The molecule has 0 aliphatic heterocycles. The van der Waals surface area contributed by atoms with E-state index in [9.17, 15) is 4.57 Å². The molecule has 3 heteroatoms. The van der Waals surface area contributed by atoms with Crippen LogP contribution in [0.3, 0.4) is 0 Å². The third-order valence-electron chi connectivity index (χ3n) is 1.80. The molecule has 0 saturated heterocycles. The van der Waals surface area contributed by atoms with Gasteiger partial charge in [-0.3, -0.25) is 0 Å². The SMILES string of the molecule is COc1ccc([P+](=O)C(C)C)cc1. The predicted octanol–water partition coefficient (Wildman–Crippen LogP) is 2.56. The lowest BCUT2D eigenvalue weighted by atomic mass is 10.3. The minimum Gasteiger partial charge on any atom is -0.497 e. The predicted molar refractivity (Wildman–Crippen MR) is 55.4 cm³/mol. The van der Waals surface area contributed by atoms with E-state index in [1.54, 1.807) is 7.11 Å². The molecular weight excluding hydrogens is 183 g/mol. The number of ether oxygens (including phenoxy) is 1. The molecule has 1 aromatic carbocycles. The Hall–Kier alpha value is -0.880. The Morgan fingerprint density at radius 2 is 1.77 bits per heavy atom. The van der Waals surface area contributed by atoms with Crippen LogP contribution >= 0.6 is 7.80 Å². The molecule has 0 aliphatic carbocycles. The van der Waals surface area contributed by atoms with Crippen LogP contribution in [0.25, 0.3) is 0 Å². The molecule has 0 amide bonds. The van der Waals surface area contributed by atoms with Gasteiger partial charge in [0.05, 0.1) is 7.11 Å². The smallest absolute Gasteiger partial charge is 0.379 e. The van der Waals surface area contributed by atoms with Gasteiger partial charge in [-0.1, -0.05) is 4.57 Å². The Kier molecular flexibility index (Phi) is 3.44. The topological polar surface area (TPSA) is 26.3 Å². The van der Waals surface area contributed by atoms with Gasteiger partial charge in [0.15, 0.2) is 11.0 Å². The maximum absolute atomic E-state index is 11.7. The molecular formula is C10H14O2P+. The first-order valence-corrected chi connectivity index (χ1v) is 5.58. The van der Waals surface area contributed by atoms with Crippen molar-refractivity contribution in [3.8, 4) is 5.75 Å². The number of hydrogen-bond acceptors (Lipinski definition) is 2. The van der Waals surface area contributed by atoms with Gasteiger partial charge in [-0.05, 0) is 38.1 Å². The molecule has 0 spiro atoms. The van der Waals surface area contributed by atoms with Crippen LogP contribution in [0.15, 0.2) is 24.3 Å². The molecule has 70 valence electrons. The van der Waals surface area contributed by atoms with Crippen molar-refractivity contribution in [2.45, 2.75) is 19.5 Å². The molecule has 1 unspecified atom stereocenters. The van der Waals surface area contributed by atoms with Crippen LogP contribution in [-0.4, -0.2) is 12.8 Å². The van der Waals surface area contributed by atoms with E-state index in [1.165, 1.54) is 0 Å². The van der Waals surface area contributed by atoms with Crippen molar-refractivity contribution in [3.63, 3.8) is 0 Å². The van der Waals surface area contributed by atoms with Crippen LogP contribution in [0.4, 0.5) is 0 Å². The molecule has 1 aromatic rings. The highest BCUT2D eigenvalue weighted by Crippen LogP contribution is 2.26. The van der Waals surface area contributed by atoms with Gasteiger partial charge in [0, 0.05) is 0 Å². The average Bonchev–Trinajstić information content (AvgIpc) is 2.17. The molecule has 1 rings (SSSR count). The van der Waals surface area contributed by atoms with Crippen molar-refractivity contribution in [1.82, 2.24) is 0 Å². The fourth-order valence-electron chi connectivity index (χ4n) is 1.03. The van der Waals surface area contributed by atoms with E-state index in [4.69, 9.17) is 4.74 Å². The van der Waals surface area contributed by atoms with Crippen LogP contribution in [-0.2, 0) is 4.57 Å². The molecule has 0 aromatic heterocycles. The maximum Gasteiger partial charge on any atom is 0.379 e. The van der Waals surface area contributed by atoms with E-state index < -0.39 is 7.80 Å². The fourth-order valence-corrected chi connectivity index (χ4v) is 2.07. The summed E-state index contributed by atoms with van der Waals surface area (Å²) >= 11 is 0. The second-order valence-electron chi connectivity index (χ2n) is 3.12. The summed E-state index contributed by atoms with van der Waals surface area (Å²) in [6, 6.07) is 7.39. The lowest BCUT2D eigenvalue weighted by Gasteiger charge is -1.97. The molecule has 0 radical (unpaired) electrons. The van der Waals surface area contributed by atoms with Gasteiger partial charge in [-0.15, -0.1) is 0 Å². The summed E-state index contributed by atoms with van der Waals surface area (Å²) in [7, 11) is 0.365. The summed E-state index contributed by atoms with van der Waals surface area (Å²) in [5.74, 6) is 0.802. The van der Waals surface area contributed by atoms with E-state index in [1.807, 2.05) is 38.1 Å². The summed E-state index contributed by atoms with van der Waals surface area (Å²) < 4.78 is 16.7. The van der Waals surface area contributed by atoms with Gasteiger partial charge < -0.3 is 4.74 Å². The summed E-state index contributed by atoms with van der Waals surface area (Å²) in [5.41, 5.74) is 0.198. The zero-order valence-electron chi connectivity index (χ0n) is 8.15. The third-order valence-corrected chi connectivity index (χ3v) is 3.54. The van der Waals surface area contributed by atoms with Gasteiger partial charge in [0.1, 0.15) is 5.75 Å². The van der Waals surface area contributed by atoms with Crippen molar-refractivity contribution >= 4 is 13.1 Å². The number of rotatable bonds is 3. The standard InChI is InChI=1S/C10H14O2P/c1-8(2)13(11)10-6-4-9(12-3)5-7-10/h4-8H,1-3H3/q+1. The number of methoxy groups -OCH3 is 1. The lowest BCUT2D eigenvalue weighted by molar-refractivity contribution is 0.415. The molecule has 0 fully saturated rings. The van der Waals surface area contributed by atoms with Crippen LogP contribution in [0.2, 0.25) is 0 Å². The first-order chi connectivity index (χ1) is 6.15. The highest BCUT2D eigenvalue weighted by Gasteiger charge is 2.23. The maximum atomic E-state index is 11.7. The molecule has 0 N–H and O–H groups in total. The Labute approximate surface area is 79.7 Å². The van der Waals surface area contributed by atoms with Crippen molar-refractivity contribution in [2.75, 3.05) is 7.11 Å². The summed E-state index contributed by atoms with van der Waals surface area (Å²) in [5, 5.41) is 0.894. The first kappa shape index (κ1) is 10.2. The van der Waals surface area contributed by atoms with Gasteiger partial charge in [-0.25, -0.2) is 0 Å². The van der Waals surface area contributed by atoms with E-state index >= 15 is 0 Å². The number of benzene rings is 1. The van der Waals surface area contributed by atoms with E-state index in [2.05, 4.69) is 0 Å². The first-order valence-electron chi connectivity index (χ1n) is 4.25. The summed E-state index contributed by atoms with van der Waals surface area (Å²) in [4.78, 5) is 0. The third kappa shape index (κ3) is 2.53. The summed E-state index contributed by atoms with van der Waals surface area (Å²) in [6.45, 7) is 3.92. The molecule has 2 nitrogen and oxygen atoms in total. The molecule has 13 heavy (non-hydrogen) atoms. The van der Waals surface area contributed by atoms with Crippen molar-refractivity contribution in [1.29, 1.82) is 0 Å². The van der Waals surface area contributed by atoms with Crippen LogP contribution < -0.4 is 10.0 Å². The lowest BCUT2D eigenvalue weighted by Crippen LogP contribution is -2.01. The molecule has 0 saturated carbocycles. The normalized spacial score (nSPS) is 11.5. The molecule has 0 heterocycles. The Bertz CT molecular complexity index is 290. The fraction of sp³-hybridized carbons (Fsp3) is 0.400. The second kappa shape index (κ2) is 4.38. The van der Waals surface area contributed by atoms with Crippen LogP contribution in [0, 0.1) is 0 Å². The molecule has 0 aliphatic rings. The second-order valence-corrected chi connectivity index (χ2v) is 5.32. The zero-order chi connectivity index (χ0) is 9.84. The van der Waals surface area contributed by atoms with Crippen molar-refractivity contribution in [3.05, 3.63) is 24.3 Å². The van der Waals surface area contributed by atoms with Crippen LogP contribution in [0.1, 0.15) is 13.8 Å². The van der Waals surface area contributed by atoms with Gasteiger partial charge >= 0.3 is 7.80 Å². The monoisotopic (exact) mass is 197 g/mol. The van der Waals surface area contributed by atoms with E-state index in [-0.39, 0.29) is 5.66 Å². The Morgan fingerprint density at radius 3 is 2.15 bits per heavy atom. The minimum atomic E-state index is -1.26. The molecule has 1 atom stereocenters. The zero-order valence-corrected chi connectivity index (χ0v) is 9.04. The van der Waals surface area contributed by atoms with Gasteiger partial charge in [0.25, 0.3) is 0 Å². The van der Waals surface area contributed by atoms with Gasteiger partial charge in [-0.2, -0.15) is 0 Å². The summed E-state index contributed by atoms with van der Waals surface area (Å²) in [6.07, 6.45) is 0. The van der Waals surface area contributed by atoms with Crippen molar-refractivity contribution < 1.29 is 9.30 Å². The number of hydrogen-bond donors (Lipinski definition) is 0. The highest BCUT2D eigenvalue weighted by atomic mass is 31.1. The highest BCUT2D eigenvalue weighted by molar-refractivity contribution is 7.54.